The molecule has 8 nitrogen and oxygen atoms in total. The van der Waals surface area contributed by atoms with Gasteiger partial charge in [-0.3, -0.25) is 14.5 Å². The lowest BCUT2D eigenvalue weighted by molar-refractivity contribution is -0.130. The van der Waals surface area contributed by atoms with Gasteiger partial charge in [0.25, 0.3) is 5.91 Å². The van der Waals surface area contributed by atoms with Crippen molar-refractivity contribution >= 4 is 39.0 Å². The number of aromatic amines is 1. The summed E-state index contributed by atoms with van der Waals surface area (Å²) in [5, 5.41) is 2.89. The van der Waals surface area contributed by atoms with Gasteiger partial charge < -0.3 is 15.2 Å². The van der Waals surface area contributed by atoms with Gasteiger partial charge in [-0.1, -0.05) is 6.92 Å². The first-order chi connectivity index (χ1) is 17.8. The van der Waals surface area contributed by atoms with Gasteiger partial charge in [0.2, 0.25) is 5.91 Å². The van der Waals surface area contributed by atoms with Gasteiger partial charge >= 0.3 is 0 Å². The molecule has 0 atom stereocenters. The molecule has 9 heteroatoms. The fourth-order valence-electron chi connectivity index (χ4n) is 5.77. The number of benzene rings is 1. The molecule has 1 aliphatic carbocycles. The first kappa shape index (κ1) is 25.7. The van der Waals surface area contributed by atoms with E-state index in [9.17, 15) is 18.0 Å². The molecule has 1 fully saturated rings. The summed E-state index contributed by atoms with van der Waals surface area (Å²) in [5.74, 6) is -0.0418. The average molecular weight is 525 g/mol. The highest BCUT2D eigenvalue weighted by Crippen LogP contribution is 2.37. The Morgan fingerprint density at radius 1 is 1.11 bits per heavy atom. The topological polar surface area (TPSA) is 103 Å². The summed E-state index contributed by atoms with van der Waals surface area (Å²) in [6.45, 7) is 7.62. The average Bonchev–Trinajstić information content (AvgIpc) is 3.40. The number of aryl methyl sites for hydroxylation is 1. The van der Waals surface area contributed by atoms with Crippen molar-refractivity contribution in [1.82, 2.24) is 14.8 Å². The minimum absolute atomic E-state index is 0.0174. The number of hydrogen-bond acceptors (Lipinski definition) is 5. The summed E-state index contributed by atoms with van der Waals surface area (Å²) in [6.07, 6.45) is 8.22. The molecule has 37 heavy (non-hydrogen) atoms. The van der Waals surface area contributed by atoms with Crippen LogP contribution in [0.25, 0.3) is 11.6 Å². The van der Waals surface area contributed by atoms with E-state index >= 15 is 0 Å². The van der Waals surface area contributed by atoms with E-state index in [4.69, 9.17) is 0 Å². The molecule has 2 amide bonds. The maximum Gasteiger partial charge on any atom is 0.256 e. The highest BCUT2D eigenvalue weighted by Gasteiger charge is 2.28. The van der Waals surface area contributed by atoms with Gasteiger partial charge in [-0.25, -0.2) is 8.42 Å². The molecule has 1 aromatic heterocycles. The molecule has 0 bridgehead atoms. The predicted molar refractivity (Wildman–Crippen MR) is 145 cm³/mol. The van der Waals surface area contributed by atoms with Gasteiger partial charge in [-0.05, 0) is 80.5 Å². The lowest BCUT2D eigenvalue weighted by atomic mass is 9.92. The molecular weight excluding hydrogens is 488 g/mol. The fraction of sp³-hybridized carbons (Fsp3) is 0.500. The number of carbonyl (C=O) groups excluding carboxylic acids is 2. The Morgan fingerprint density at radius 3 is 2.59 bits per heavy atom. The van der Waals surface area contributed by atoms with Crippen molar-refractivity contribution in [2.45, 2.75) is 57.3 Å². The first-order valence-corrected chi connectivity index (χ1v) is 15.0. The summed E-state index contributed by atoms with van der Waals surface area (Å²) in [6, 6.07) is 4.88. The zero-order valence-electron chi connectivity index (χ0n) is 21.7. The van der Waals surface area contributed by atoms with Gasteiger partial charge in [-0.2, -0.15) is 0 Å². The van der Waals surface area contributed by atoms with Crippen molar-refractivity contribution in [2.24, 2.45) is 0 Å². The zero-order valence-corrected chi connectivity index (χ0v) is 22.5. The zero-order chi connectivity index (χ0) is 26.2. The summed E-state index contributed by atoms with van der Waals surface area (Å²) in [7, 11) is -3.38. The van der Waals surface area contributed by atoms with Crippen LogP contribution in [0.2, 0.25) is 0 Å². The Kier molecular flexibility index (Phi) is 7.27. The largest absolute Gasteiger partial charge is 0.358 e. The summed E-state index contributed by atoms with van der Waals surface area (Å²) >= 11 is 0. The van der Waals surface area contributed by atoms with Gasteiger partial charge in [0.15, 0.2) is 9.84 Å². The number of amides is 2. The lowest BCUT2D eigenvalue weighted by Crippen LogP contribution is -2.48. The van der Waals surface area contributed by atoms with Crippen LogP contribution in [-0.4, -0.2) is 73.5 Å². The van der Waals surface area contributed by atoms with Crippen LogP contribution in [-0.2, 0) is 38.7 Å². The molecule has 5 rings (SSSR count). The number of piperazine rings is 1. The van der Waals surface area contributed by atoms with E-state index in [0.717, 1.165) is 70.5 Å². The third kappa shape index (κ3) is 5.25. The maximum absolute atomic E-state index is 12.9. The van der Waals surface area contributed by atoms with Crippen LogP contribution in [0.4, 0.5) is 5.69 Å². The number of nitrogens with zero attached hydrogens (tertiary/aromatic N) is 2. The Morgan fingerprint density at radius 2 is 1.86 bits per heavy atom. The normalized spacial score (nSPS) is 19.1. The second-order valence-corrected chi connectivity index (χ2v) is 12.5. The number of nitrogens with one attached hydrogen (secondary N) is 2. The summed E-state index contributed by atoms with van der Waals surface area (Å²) < 4.78 is 25.0. The Labute approximate surface area is 219 Å². The summed E-state index contributed by atoms with van der Waals surface area (Å²) in [4.78, 5) is 32.7. The number of H-pyrrole nitrogens is 1. The minimum Gasteiger partial charge on any atom is -0.358 e. The van der Waals surface area contributed by atoms with E-state index in [2.05, 4.69) is 15.2 Å². The van der Waals surface area contributed by atoms with Crippen LogP contribution in [0.15, 0.2) is 23.1 Å². The van der Waals surface area contributed by atoms with Crippen LogP contribution in [0, 0.1) is 0 Å². The third-order valence-electron chi connectivity index (χ3n) is 7.96. The monoisotopic (exact) mass is 524 g/mol. The number of carbonyl (C=O) groups is 2. The molecule has 198 valence electrons. The second kappa shape index (κ2) is 10.5. The Bertz CT molecular complexity index is 1350. The van der Waals surface area contributed by atoms with Crippen molar-refractivity contribution in [1.29, 1.82) is 0 Å². The van der Waals surface area contributed by atoms with Crippen LogP contribution < -0.4 is 5.32 Å². The van der Waals surface area contributed by atoms with Crippen LogP contribution in [0.1, 0.15) is 61.2 Å². The van der Waals surface area contributed by atoms with E-state index in [-0.39, 0.29) is 22.5 Å². The quantitative estimate of drug-likeness (QED) is 0.541. The van der Waals surface area contributed by atoms with Crippen molar-refractivity contribution in [3.05, 3.63) is 46.3 Å². The van der Waals surface area contributed by atoms with Gasteiger partial charge in [-0.15, -0.1) is 0 Å². The third-order valence-corrected chi connectivity index (χ3v) is 9.70. The molecule has 1 aromatic carbocycles. The van der Waals surface area contributed by atoms with Gasteiger partial charge in [0.1, 0.15) is 0 Å². The molecule has 0 radical (unpaired) electrons. The van der Waals surface area contributed by atoms with Crippen molar-refractivity contribution in [2.75, 3.05) is 43.8 Å². The molecule has 2 aliphatic heterocycles. The number of sulfone groups is 1. The molecule has 3 heterocycles. The van der Waals surface area contributed by atoms with Crippen molar-refractivity contribution in [3.63, 3.8) is 0 Å². The molecule has 3 aliphatic rings. The number of rotatable bonds is 7. The molecule has 0 spiro atoms. The van der Waals surface area contributed by atoms with E-state index in [1.165, 1.54) is 23.2 Å². The van der Waals surface area contributed by atoms with Crippen LogP contribution in [0.3, 0.4) is 0 Å². The summed E-state index contributed by atoms with van der Waals surface area (Å²) in [5.41, 5.74) is 6.70. The smallest absolute Gasteiger partial charge is 0.256 e. The predicted octanol–water partition coefficient (Wildman–Crippen LogP) is 3.28. The SMILES string of the molecule is CCS(=O)(=O)c1ccc2c(c1)/C(=C/c1[nH]c3c(c1CCCN1CCN(C(C)=O)CC1)CCCC3)C(=O)N2. The molecule has 2 aromatic rings. The Balaban J connectivity index is 1.39. The number of anilines is 1. The highest BCUT2D eigenvalue weighted by atomic mass is 32.2. The fourth-order valence-corrected chi connectivity index (χ4v) is 6.67. The van der Waals surface area contributed by atoms with E-state index in [0.29, 0.717) is 16.8 Å². The van der Waals surface area contributed by atoms with E-state index in [1.807, 2.05) is 11.0 Å². The first-order valence-electron chi connectivity index (χ1n) is 13.4. The number of fused-ring (bicyclic) bond motifs is 2. The molecule has 1 saturated heterocycles. The standard InChI is InChI=1S/C28H36N4O4S/c1-3-37(35,36)20-10-11-26-23(17-20)24(28(34)30-26)18-27-22(21-7-4-5-9-25(21)29-27)8-6-12-31-13-15-32(16-14-31)19(2)33/h10-11,17-18,29H,3-9,12-16H2,1-2H3,(H,30,34)/b24-18-. The van der Waals surface area contributed by atoms with E-state index in [1.54, 1.807) is 32.0 Å². The van der Waals surface area contributed by atoms with Gasteiger partial charge in [0.05, 0.1) is 16.2 Å². The molecular formula is C28H36N4O4S. The number of aromatic nitrogens is 1. The number of hydrogen-bond donors (Lipinski definition) is 2. The molecule has 0 unspecified atom stereocenters. The van der Waals surface area contributed by atoms with E-state index < -0.39 is 9.84 Å². The minimum atomic E-state index is -3.38. The molecule has 0 saturated carbocycles. The van der Waals surface area contributed by atoms with Crippen LogP contribution >= 0.6 is 0 Å². The Hall–Kier alpha value is -2.91. The highest BCUT2D eigenvalue weighted by molar-refractivity contribution is 7.91. The van der Waals surface area contributed by atoms with Crippen LogP contribution in [0.5, 0.6) is 0 Å². The lowest BCUT2D eigenvalue weighted by Gasteiger charge is -2.34. The van der Waals surface area contributed by atoms with Crippen molar-refractivity contribution < 1.29 is 18.0 Å². The van der Waals surface area contributed by atoms with Crippen molar-refractivity contribution in [3.8, 4) is 0 Å². The second-order valence-electron chi connectivity index (χ2n) is 10.3. The molecule has 2 N–H and O–H groups in total. The van der Waals surface area contributed by atoms with Gasteiger partial charge in [0, 0.05) is 55.7 Å². The maximum atomic E-state index is 12.9.